The molecule has 0 aromatic heterocycles. The van der Waals surface area contributed by atoms with E-state index in [1.165, 1.54) is 0 Å². The molecule has 0 aliphatic carbocycles. The van der Waals surface area contributed by atoms with E-state index < -0.39 is 0 Å². The highest BCUT2D eigenvalue weighted by molar-refractivity contribution is 9.10. The highest BCUT2D eigenvalue weighted by Crippen LogP contribution is 2.29. The summed E-state index contributed by atoms with van der Waals surface area (Å²) in [5.41, 5.74) is 0. The Morgan fingerprint density at radius 3 is 3.07 bits per heavy atom. The lowest BCUT2D eigenvalue weighted by Crippen LogP contribution is -2.15. The van der Waals surface area contributed by atoms with Crippen LogP contribution in [0.2, 0.25) is 5.02 Å². The van der Waals surface area contributed by atoms with Gasteiger partial charge in [0.15, 0.2) is 0 Å². The topological polar surface area (TPSA) is 18.5 Å². The molecule has 0 spiro atoms. The molecule has 1 heterocycles. The molecule has 14 heavy (non-hydrogen) atoms. The van der Waals surface area contributed by atoms with Crippen LogP contribution in [-0.2, 0) is 4.74 Å². The lowest BCUT2D eigenvalue weighted by Gasteiger charge is -2.13. The van der Waals surface area contributed by atoms with Crippen LogP contribution in [0.1, 0.15) is 6.42 Å². The molecule has 76 valence electrons. The van der Waals surface area contributed by atoms with Crippen molar-refractivity contribution in [2.24, 2.45) is 0 Å². The molecule has 0 saturated carbocycles. The van der Waals surface area contributed by atoms with Crippen molar-refractivity contribution in [1.29, 1.82) is 0 Å². The molecule has 1 aliphatic rings. The van der Waals surface area contributed by atoms with Crippen LogP contribution in [0.3, 0.4) is 0 Å². The van der Waals surface area contributed by atoms with Crippen molar-refractivity contribution in [3.63, 3.8) is 0 Å². The average molecular weight is 278 g/mol. The minimum Gasteiger partial charge on any atom is -0.486 e. The van der Waals surface area contributed by atoms with Gasteiger partial charge in [0.2, 0.25) is 0 Å². The molecular weight excluding hydrogens is 267 g/mol. The van der Waals surface area contributed by atoms with E-state index in [0.717, 1.165) is 23.2 Å². The first kappa shape index (κ1) is 10.3. The van der Waals surface area contributed by atoms with Gasteiger partial charge in [-0.25, -0.2) is 0 Å². The highest BCUT2D eigenvalue weighted by atomic mass is 79.9. The molecule has 0 radical (unpaired) electrons. The van der Waals surface area contributed by atoms with Crippen molar-refractivity contribution in [2.75, 3.05) is 13.2 Å². The van der Waals surface area contributed by atoms with E-state index in [4.69, 9.17) is 21.1 Å². The van der Waals surface area contributed by atoms with Gasteiger partial charge in [0.25, 0.3) is 0 Å². The second kappa shape index (κ2) is 4.51. The van der Waals surface area contributed by atoms with Crippen molar-refractivity contribution in [3.8, 4) is 5.75 Å². The maximum atomic E-state index is 5.99. The van der Waals surface area contributed by atoms with Gasteiger partial charge >= 0.3 is 0 Å². The van der Waals surface area contributed by atoms with Gasteiger partial charge < -0.3 is 9.47 Å². The molecular formula is C10H10BrClO2. The van der Waals surface area contributed by atoms with Crippen LogP contribution < -0.4 is 4.74 Å². The van der Waals surface area contributed by atoms with Crippen molar-refractivity contribution >= 4 is 27.5 Å². The molecule has 0 unspecified atom stereocenters. The zero-order chi connectivity index (χ0) is 9.97. The molecule has 1 aliphatic heterocycles. The maximum absolute atomic E-state index is 5.99. The van der Waals surface area contributed by atoms with Crippen LogP contribution in [0.4, 0.5) is 0 Å². The number of hydrogen-bond acceptors (Lipinski definition) is 2. The Labute approximate surface area is 96.3 Å². The van der Waals surface area contributed by atoms with Crippen molar-refractivity contribution in [3.05, 3.63) is 27.7 Å². The standard InChI is InChI=1S/C10H10BrClO2/c11-7-1-2-9(12)10(5-7)14-8-3-4-13-6-8/h1-2,5,8H,3-4,6H2/t8-/m1/s1. The molecule has 0 amide bonds. The zero-order valence-corrected chi connectivity index (χ0v) is 9.85. The number of ether oxygens (including phenoxy) is 2. The fourth-order valence-corrected chi connectivity index (χ4v) is 1.86. The van der Waals surface area contributed by atoms with Crippen LogP contribution in [0, 0.1) is 0 Å². The molecule has 1 atom stereocenters. The van der Waals surface area contributed by atoms with Gasteiger partial charge in [-0.1, -0.05) is 27.5 Å². The molecule has 1 aromatic carbocycles. The summed E-state index contributed by atoms with van der Waals surface area (Å²) in [7, 11) is 0. The summed E-state index contributed by atoms with van der Waals surface area (Å²) in [6.07, 6.45) is 1.07. The lowest BCUT2D eigenvalue weighted by atomic mass is 10.3. The quantitative estimate of drug-likeness (QED) is 0.826. The fourth-order valence-electron chi connectivity index (χ4n) is 1.35. The minimum atomic E-state index is 0.141. The molecule has 0 N–H and O–H groups in total. The summed E-state index contributed by atoms with van der Waals surface area (Å²) >= 11 is 9.36. The van der Waals surface area contributed by atoms with E-state index in [2.05, 4.69) is 15.9 Å². The van der Waals surface area contributed by atoms with Crippen molar-refractivity contribution in [2.45, 2.75) is 12.5 Å². The highest BCUT2D eigenvalue weighted by Gasteiger charge is 2.18. The Balaban J connectivity index is 2.10. The van der Waals surface area contributed by atoms with E-state index in [-0.39, 0.29) is 6.10 Å². The van der Waals surface area contributed by atoms with Crippen molar-refractivity contribution in [1.82, 2.24) is 0 Å². The average Bonchev–Trinajstić information content (AvgIpc) is 2.64. The molecule has 1 fully saturated rings. The summed E-state index contributed by atoms with van der Waals surface area (Å²) in [6, 6.07) is 5.58. The zero-order valence-electron chi connectivity index (χ0n) is 7.50. The number of benzene rings is 1. The van der Waals surface area contributed by atoms with E-state index in [1.54, 1.807) is 0 Å². The second-order valence-electron chi connectivity index (χ2n) is 3.18. The van der Waals surface area contributed by atoms with Crippen LogP contribution >= 0.6 is 27.5 Å². The predicted octanol–water partition coefficient (Wildman–Crippen LogP) is 3.27. The van der Waals surface area contributed by atoms with E-state index in [0.29, 0.717) is 11.6 Å². The van der Waals surface area contributed by atoms with E-state index >= 15 is 0 Å². The summed E-state index contributed by atoms with van der Waals surface area (Å²) in [5, 5.41) is 0.639. The third-order valence-electron chi connectivity index (χ3n) is 2.07. The lowest BCUT2D eigenvalue weighted by molar-refractivity contribution is 0.141. The molecule has 0 bridgehead atoms. The minimum absolute atomic E-state index is 0.141. The van der Waals surface area contributed by atoms with Gasteiger partial charge in [0, 0.05) is 10.9 Å². The van der Waals surface area contributed by atoms with E-state index in [9.17, 15) is 0 Å². The first-order valence-electron chi connectivity index (χ1n) is 4.45. The maximum Gasteiger partial charge on any atom is 0.139 e. The van der Waals surface area contributed by atoms with Crippen LogP contribution in [0.15, 0.2) is 22.7 Å². The predicted molar refractivity (Wildman–Crippen MR) is 59.0 cm³/mol. The van der Waals surface area contributed by atoms with Gasteiger partial charge in [-0.05, 0) is 18.2 Å². The van der Waals surface area contributed by atoms with Gasteiger partial charge in [-0.3, -0.25) is 0 Å². The molecule has 4 heteroatoms. The monoisotopic (exact) mass is 276 g/mol. The third-order valence-corrected chi connectivity index (χ3v) is 2.88. The first-order chi connectivity index (χ1) is 6.75. The molecule has 2 nitrogen and oxygen atoms in total. The fraction of sp³-hybridized carbons (Fsp3) is 0.400. The number of halogens is 2. The molecule has 1 aromatic rings. The normalized spacial score (nSPS) is 21.1. The van der Waals surface area contributed by atoms with Crippen molar-refractivity contribution < 1.29 is 9.47 Å². The SMILES string of the molecule is Clc1ccc(Br)cc1O[C@@H]1CCOC1. The van der Waals surface area contributed by atoms with Gasteiger partial charge in [0.05, 0.1) is 18.2 Å². The van der Waals surface area contributed by atoms with Crippen LogP contribution in [0.5, 0.6) is 5.75 Å². The third kappa shape index (κ3) is 2.41. The second-order valence-corrected chi connectivity index (χ2v) is 4.50. The van der Waals surface area contributed by atoms with Gasteiger partial charge in [0.1, 0.15) is 11.9 Å². The van der Waals surface area contributed by atoms with Gasteiger partial charge in [-0.2, -0.15) is 0 Å². The Bertz CT molecular complexity index is 324. The summed E-state index contributed by atoms with van der Waals surface area (Å²) in [5.74, 6) is 0.719. The summed E-state index contributed by atoms with van der Waals surface area (Å²) in [4.78, 5) is 0. The molecule has 1 saturated heterocycles. The summed E-state index contributed by atoms with van der Waals surface area (Å²) < 4.78 is 11.9. The summed E-state index contributed by atoms with van der Waals surface area (Å²) in [6.45, 7) is 1.43. The Kier molecular flexibility index (Phi) is 3.31. The van der Waals surface area contributed by atoms with Gasteiger partial charge in [-0.15, -0.1) is 0 Å². The number of rotatable bonds is 2. The Morgan fingerprint density at radius 1 is 1.50 bits per heavy atom. The largest absolute Gasteiger partial charge is 0.486 e. The van der Waals surface area contributed by atoms with Crippen LogP contribution in [-0.4, -0.2) is 19.3 Å². The Morgan fingerprint density at radius 2 is 2.36 bits per heavy atom. The van der Waals surface area contributed by atoms with Crippen LogP contribution in [0.25, 0.3) is 0 Å². The Hall–Kier alpha value is -0.250. The smallest absolute Gasteiger partial charge is 0.139 e. The van der Waals surface area contributed by atoms with E-state index in [1.807, 2.05) is 18.2 Å². The molecule has 2 rings (SSSR count). The first-order valence-corrected chi connectivity index (χ1v) is 5.62. The number of hydrogen-bond donors (Lipinski definition) is 0.